The fourth-order valence-corrected chi connectivity index (χ4v) is 3.46. The second-order valence-corrected chi connectivity index (χ2v) is 5.89. The SMILES string of the molecule is CCCC(CN)(CCC)N(CC)CCCN(CC)CC. The highest BCUT2D eigenvalue weighted by Gasteiger charge is 2.32. The van der Waals surface area contributed by atoms with Gasteiger partial charge >= 0.3 is 0 Å². The molecule has 0 aromatic carbocycles. The molecule has 0 aliphatic heterocycles. The Bertz CT molecular complexity index is 208. The lowest BCUT2D eigenvalue weighted by Gasteiger charge is -2.43. The van der Waals surface area contributed by atoms with Gasteiger partial charge in [-0.15, -0.1) is 0 Å². The van der Waals surface area contributed by atoms with Crippen LogP contribution < -0.4 is 5.73 Å². The van der Waals surface area contributed by atoms with Crippen molar-refractivity contribution >= 4 is 0 Å². The van der Waals surface area contributed by atoms with Gasteiger partial charge in [0.05, 0.1) is 0 Å². The highest BCUT2D eigenvalue weighted by Crippen LogP contribution is 2.26. The van der Waals surface area contributed by atoms with Crippen LogP contribution in [-0.2, 0) is 0 Å². The van der Waals surface area contributed by atoms with Crippen molar-refractivity contribution in [1.82, 2.24) is 9.80 Å². The molecule has 3 nitrogen and oxygen atoms in total. The monoisotopic (exact) mass is 285 g/mol. The van der Waals surface area contributed by atoms with E-state index in [0.29, 0.717) is 0 Å². The van der Waals surface area contributed by atoms with Crippen LogP contribution in [0.2, 0.25) is 0 Å². The van der Waals surface area contributed by atoms with Gasteiger partial charge in [-0.25, -0.2) is 0 Å². The molecule has 0 fully saturated rings. The van der Waals surface area contributed by atoms with Gasteiger partial charge in [0.15, 0.2) is 0 Å². The molecule has 20 heavy (non-hydrogen) atoms. The number of nitrogens with zero attached hydrogens (tertiary/aromatic N) is 2. The first-order valence-corrected chi connectivity index (χ1v) is 8.81. The van der Waals surface area contributed by atoms with Gasteiger partial charge in [0.1, 0.15) is 0 Å². The third kappa shape index (κ3) is 6.11. The summed E-state index contributed by atoms with van der Waals surface area (Å²) < 4.78 is 0. The molecule has 0 aliphatic carbocycles. The molecule has 0 saturated carbocycles. The van der Waals surface area contributed by atoms with Gasteiger partial charge in [-0.05, 0) is 52.0 Å². The first kappa shape index (κ1) is 19.9. The minimum Gasteiger partial charge on any atom is -0.329 e. The lowest BCUT2D eigenvalue weighted by Crippen LogP contribution is -2.54. The molecule has 3 heteroatoms. The molecule has 0 heterocycles. The summed E-state index contributed by atoms with van der Waals surface area (Å²) in [4.78, 5) is 5.17. The van der Waals surface area contributed by atoms with E-state index >= 15 is 0 Å². The first-order valence-electron chi connectivity index (χ1n) is 8.81. The van der Waals surface area contributed by atoms with Crippen LogP contribution in [0.25, 0.3) is 0 Å². The Morgan fingerprint density at radius 1 is 0.800 bits per heavy atom. The van der Waals surface area contributed by atoms with Crippen molar-refractivity contribution in [3.63, 3.8) is 0 Å². The van der Waals surface area contributed by atoms with Crippen LogP contribution in [0.1, 0.15) is 66.7 Å². The molecule has 0 aliphatic rings. The van der Waals surface area contributed by atoms with Gasteiger partial charge in [0, 0.05) is 12.1 Å². The molecule has 0 bridgehead atoms. The molecule has 0 spiro atoms. The standard InChI is InChI=1S/C17H39N3/c1-6-12-17(16-18,13-7-2)20(10-5)15-11-14-19(8-3)9-4/h6-16,18H2,1-5H3. The molecule has 122 valence electrons. The largest absolute Gasteiger partial charge is 0.329 e. The Labute approximate surface area is 127 Å². The van der Waals surface area contributed by atoms with Crippen LogP contribution in [0, 0.1) is 0 Å². The van der Waals surface area contributed by atoms with Gasteiger partial charge in [0.25, 0.3) is 0 Å². The molecule has 0 rings (SSSR count). The van der Waals surface area contributed by atoms with E-state index in [0.717, 1.165) is 26.2 Å². The van der Waals surface area contributed by atoms with E-state index in [1.807, 2.05) is 0 Å². The van der Waals surface area contributed by atoms with Crippen LogP contribution in [0.15, 0.2) is 0 Å². The number of likely N-dealkylation sites (N-methyl/N-ethyl adjacent to an activating group) is 1. The Morgan fingerprint density at radius 3 is 1.70 bits per heavy atom. The van der Waals surface area contributed by atoms with Crippen molar-refractivity contribution in [3.8, 4) is 0 Å². The normalized spacial score (nSPS) is 12.6. The van der Waals surface area contributed by atoms with E-state index in [1.54, 1.807) is 0 Å². The van der Waals surface area contributed by atoms with Crippen molar-refractivity contribution in [3.05, 3.63) is 0 Å². The Hall–Kier alpha value is -0.120. The smallest absolute Gasteiger partial charge is 0.0331 e. The van der Waals surface area contributed by atoms with E-state index in [4.69, 9.17) is 5.73 Å². The molecular formula is C17H39N3. The van der Waals surface area contributed by atoms with Gasteiger partial charge in [-0.2, -0.15) is 0 Å². The van der Waals surface area contributed by atoms with Gasteiger partial charge in [-0.3, -0.25) is 4.90 Å². The number of hydrogen-bond donors (Lipinski definition) is 1. The van der Waals surface area contributed by atoms with Crippen LogP contribution >= 0.6 is 0 Å². The first-order chi connectivity index (χ1) is 9.63. The molecular weight excluding hydrogens is 246 g/mol. The Kier molecular flexibility index (Phi) is 11.5. The van der Waals surface area contributed by atoms with Gasteiger partial charge in [0.2, 0.25) is 0 Å². The van der Waals surface area contributed by atoms with Crippen LogP contribution in [0.4, 0.5) is 0 Å². The fourth-order valence-electron chi connectivity index (χ4n) is 3.46. The Balaban J connectivity index is 4.57. The quantitative estimate of drug-likeness (QED) is 0.563. The predicted octanol–water partition coefficient (Wildman–Crippen LogP) is 3.34. The summed E-state index contributed by atoms with van der Waals surface area (Å²) in [5, 5.41) is 0. The summed E-state index contributed by atoms with van der Waals surface area (Å²) in [7, 11) is 0. The van der Waals surface area contributed by atoms with Crippen molar-refractivity contribution in [1.29, 1.82) is 0 Å². The maximum atomic E-state index is 6.19. The van der Waals surface area contributed by atoms with Gasteiger partial charge < -0.3 is 10.6 Å². The minimum absolute atomic E-state index is 0.238. The van der Waals surface area contributed by atoms with E-state index in [-0.39, 0.29) is 5.54 Å². The molecule has 0 amide bonds. The second-order valence-electron chi connectivity index (χ2n) is 5.89. The summed E-state index contributed by atoms with van der Waals surface area (Å²) in [6.07, 6.45) is 6.17. The maximum absolute atomic E-state index is 6.19. The molecule has 0 unspecified atom stereocenters. The minimum atomic E-state index is 0.238. The van der Waals surface area contributed by atoms with Crippen molar-refractivity contribution < 1.29 is 0 Å². The summed E-state index contributed by atoms with van der Waals surface area (Å²) in [5.74, 6) is 0. The topological polar surface area (TPSA) is 32.5 Å². The zero-order chi connectivity index (χ0) is 15.4. The molecule has 0 radical (unpaired) electrons. The highest BCUT2D eigenvalue weighted by atomic mass is 15.2. The van der Waals surface area contributed by atoms with Gasteiger partial charge in [-0.1, -0.05) is 47.5 Å². The predicted molar refractivity (Wildman–Crippen MR) is 91.3 cm³/mol. The number of nitrogens with two attached hydrogens (primary N) is 1. The van der Waals surface area contributed by atoms with Crippen LogP contribution in [0.5, 0.6) is 0 Å². The summed E-state index contributed by atoms with van der Waals surface area (Å²) in [6, 6.07) is 0. The molecule has 0 saturated heterocycles. The molecule has 2 N–H and O–H groups in total. The highest BCUT2D eigenvalue weighted by molar-refractivity contribution is 4.91. The van der Waals surface area contributed by atoms with E-state index in [9.17, 15) is 0 Å². The average molecular weight is 286 g/mol. The Morgan fingerprint density at radius 2 is 1.35 bits per heavy atom. The number of hydrogen-bond acceptors (Lipinski definition) is 3. The third-order valence-corrected chi connectivity index (χ3v) is 4.66. The van der Waals surface area contributed by atoms with E-state index in [1.165, 1.54) is 45.2 Å². The molecule has 0 aromatic rings. The zero-order valence-electron chi connectivity index (χ0n) is 14.7. The van der Waals surface area contributed by atoms with Crippen LogP contribution in [-0.4, -0.2) is 54.6 Å². The van der Waals surface area contributed by atoms with E-state index in [2.05, 4.69) is 44.4 Å². The summed E-state index contributed by atoms with van der Waals surface area (Å²) in [5.41, 5.74) is 6.43. The van der Waals surface area contributed by atoms with Crippen LogP contribution in [0.3, 0.4) is 0 Å². The average Bonchev–Trinajstić information content (AvgIpc) is 2.47. The molecule has 0 aromatic heterocycles. The summed E-state index contributed by atoms with van der Waals surface area (Å²) >= 11 is 0. The lowest BCUT2D eigenvalue weighted by atomic mass is 9.86. The zero-order valence-corrected chi connectivity index (χ0v) is 14.7. The van der Waals surface area contributed by atoms with Crippen molar-refractivity contribution in [2.24, 2.45) is 5.73 Å². The third-order valence-electron chi connectivity index (χ3n) is 4.66. The van der Waals surface area contributed by atoms with E-state index < -0.39 is 0 Å². The second kappa shape index (κ2) is 11.5. The fraction of sp³-hybridized carbons (Fsp3) is 1.00. The van der Waals surface area contributed by atoms with Crippen molar-refractivity contribution in [2.45, 2.75) is 72.3 Å². The molecule has 0 atom stereocenters. The number of rotatable bonds is 13. The summed E-state index contributed by atoms with van der Waals surface area (Å²) in [6.45, 7) is 18.0. The lowest BCUT2D eigenvalue weighted by molar-refractivity contribution is 0.0750. The van der Waals surface area contributed by atoms with Crippen molar-refractivity contribution in [2.75, 3.05) is 39.3 Å². The maximum Gasteiger partial charge on any atom is 0.0331 e.